The minimum atomic E-state index is 0.425. The predicted octanol–water partition coefficient (Wildman–Crippen LogP) is 3.59. The zero-order chi connectivity index (χ0) is 17.3. The Balaban J connectivity index is 1.43. The van der Waals surface area contributed by atoms with Gasteiger partial charge in [-0.05, 0) is 57.4 Å². The first kappa shape index (κ1) is 16.5. The number of benzene rings is 1. The molecule has 4 heteroatoms. The Kier molecular flexibility index (Phi) is 4.46. The number of hydrogen-bond acceptors (Lipinski definition) is 4. The molecule has 0 N–H and O–H groups in total. The van der Waals surface area contributed by atoms with Crippen LogP contribution in [0.25, 0.3) is 0 Å². The largest absolute Gasteiger partial charge is 0.355 e. The van der Waals surface area contributed by atoms with E-state index in [1.165, 1.54) is 43.5 Å². The average Bonchev–Trinajstić information content (AvgIpc) is 2.99. The molecule has 25 heavy (non-hydrogen) atoms. The third-order valence-corrected chi connectivity index (χ3v) is 5.78. The fraction of sp³-hybridized carbons (Fsp3) is 0.524. The van der Waals surface area contributed by atoms with Crippen LogP contribution < -0.4 is 4.90 Å². The van der Waals surface area contributed by atoms with Crippen LogP contribution in [0.1, 0.15) is 36.1 Å². The van der Waals surface area contributed by atoms with E-state index in [1.54, 1.807) is 0 Å². The molecule has 2 aliphatic rings. The Hall–Kier alpha value is -1.94. The van der Waals surface area contributed by atoms with Gasteiger partial charge in [0.1, 0.15) is 0 Å². The summed E-state index contributed by atoms with van der Waals surface area (Å²) >= 11 is 0. The highest BCUT2D eigenvalue weighted by Crippen LogP contribution is 2.40. The number of nitrogens with zero attached hydrogens (tertiary/aromatic N) is 4. The molecule has 2 aliphatic heterocycles. The monoisotopic (exact) mass is 336 g/mol. The van der Waals surface area contributed by atoms with Crippen molar-refractivity contribution in [2.24, 2.45) is 5.41 Å². The molecule has 3 heterocycles. The summed E-state index contributed by atoms with van der Waals surface area (Å²) in [4.78, 5) is 5.09. The fourth-order valence-corrected chi connectivity index (χ4v) is 4.54. The number of anilines is 1. The Morgan fingerprint density at radius 3 is 2.72 bits per heavy atom. The molecule has 2 aromatic rings. The van der Waals surface area contributed by atoms with E-state index < -0.39 is 0 Å². The summed E-state index contributed by atoms with van der Waals surface area (Å²) in [7, 11) is 0. The van der Waals surface area contributed by atoms with Gasteiger partial charge in [-0.1, -0.05) is 29.8 Å². The Morgan fingerprint density at radius 1 is 1.00 bits per heavy atom. The molecule has 1 aromatic heterocycles. The molecule has 0 bridgehead atoms. The van der Waals surface area contributed by atoms with E-state index in [0.717, 1.165) is 31.1 Å². The highest BCUT2D eigenvalue weighted by atomic mass is 15.3. The lowest BCUT2D eigenvalue weighted by molar-refractivity contribution is 0.0991. The summed E-state index contributed by atoms with van der Waals surface area (Å²) in [6.07, 6.45) is 3.92. The van der Waals surface area contributed by atoms with Crippen LogP contribution in [0.3, 0.4) is 0 Å². The summed E-state index contributed by atoms with van der Waals surface area (Å²) < 4.78 is 0. The molecular weight excluding hydrogens is 308 g/mol. The van der Waals surface area contributed by atoms with E-state index >= 15 is 0 Å². The third kappa shape index (κ3) is 3.69. The van der Waals surface area contributed by atoms with Crippen LogP contribution >= 0.6 is 0 Å². The number of aromatic nitrogens is 2. The van der Waals surface area contributed by atoms with Gasteiger partial charge in [0.05, 0.1) is 5.69 Å². The second-order valence-electron chi connectivity index (χ2n) is 8.01. The van der Waals surface area contributed by atoms with Gasteiger partial charge in [0.15, 0.2) is 5.82 Å². The van der Waals surface area contributed by atoms with Gasteiger partial charge in [-0.2, -0.15) is 5.10 Å². The molecule has 0 radical (unpaired) electrons. The summed E-state index contributed by atoms with van der Waals surface area (Å²) in [5.41, 5.74) is 4.21. The van der Waals surface area contributed by atoms with Crippen LogP contribution in [0.5, 0.6) is 0 Å². The van der Waals surface area contributed by atoms with Crippen molar-refractivity contribution < 1.29 is 0 Å². The minimum absolute atomic E-state index is 0.425. The highest BCUT2D eigenvalue weighted by molar-refractivity contribution is 5.39. The quantitative estimate of drug-likeness (QED) is 0.857. The SMILES string of the molecule is Cc1cccc(CN2CCC[C@]3(CCN(c4ccc(C)nn4)C3)C2)c1. The maximum absolute atomic E-state index is 4.40. The van der Waals surface area contributed by atoms with E-state index in [1.807, 2.05) is 6.92 Å². The second-order valence-corrected chi connectivity index (χ2v) is 8.01. The van der Waals surface area contributed by atoms with E-state index in [2.05, 4.69) is 63.3 Å². The Labute approximate surface area is 150 Å². The third-order valence-electron chi connectivity index (χ3n) is 5.78. The smallest absolute Gasteiger partial charge is 0.151 e. The number of hydrogen-bond donors (Lipinski definition) is 0. The number of piperidine rings is 1. The Bertz CT molecular complexity index is 727. The lowest BCUT2D eigenvalue weighted by Crippen LogP contribution is -2.44. The topological polar surface area (TPSA) is 32.3 Å². The molecule has 0 amide bonds. The molecule has 0 unspecified atom stereocenters. The van der Waals surface area contributed by atoms with Gasteiger partial charge in [0.25, 0.3) is 0 Å². The second kappa shape index (κ2) is 6.75. The van der Waals surface area contributed by atoms with Crippen LogP contribution in [0.15, 0.2) is 36.4 Å². The van der Waals surface area contributed by atoms with Crippen molar-refractivity contribution in [1.29, 1.82) is 0 Å². The van der Waals surface area contributed by atoms with Gasteiger partial charge in [0, 0.05) is 31.6 Å². The van der Waals surface area contributed by atoms with Gasteiger partial charge < -0.3 is 4.90 Å². The zero-order valence-corrected chi connectivity index (χ0v) is 15.4. The van der Waals surface area contributed by atoms with Crippen LogP contribution in [-0.2, 0) is 6.54 Å². The first-order valence-corrected chi connectivity index (χ1v) is 9.45. The van der Waals surface area contributed by atoms with Gasteiger partial charge in [-0.25, -0.2) is 0 Å². The first-order valence-electron chi connectivity index (χ1n) is 9.45. The van der Waals surface area contributed by atoms with Crippen molar-refractivity contribution in [1.82, 2.24) is 15.1 Å². The molecule has 4 rings (SSSR count). The lowest BCUT2D eigenvalue weighted by Gasteiger charge is -2.40. The molecule has 2 saturated heterocycles. The summed E-state index contributed by atoms with van der Waals surface area (Å²) in [6, 6.07) is 13.1. The first-order chi connectivity index (χ1) is 12.1. The number of likely N-dealkylation sites (tertiary alicyclic amines) is 1. The molecule has 132 valence electrons. The summed E-state index contributed by atoms with van der Waals surface area (Å²) in [5, 5.41) is 8.63. The van der Waals surface area contributed by atoms with Gasteiger partial charge in [-0.3, -0.25) is 4.90 Å². The van der Waals surface area contributed by atoms with Crippen LogP contribution in [0.4, 0.5) is 5.82 Å². The number of aryl methyl sites for hydroxylation is 2. The minimum Gasteiger partial charge on any atom is -0.355 e. The molecule has 1 spiro atoms. The Morgan fingerprint density at radius 2 is 1.92 bits per heavy atom. The molecule has 1 aromatic carbocycles. The van der Waals surface area contributed by atoms with Crippen molar-refractivity contribution in [3.8, 4) is 0 Å². The van der Waals surface area contributed by atoms with E-state index in [-0.39, 0.29) is 0 Å². The van der Waals surface area contributed by atoms with Gasteiger partial charge in [0.2, 0.25) is 0 Å². The molecule has 2 fully saturated rings. The predicted molar refractivity (Wildman–Crippen MR) is 102 cm³/mol. The molecule has 1 atom stereocenters. The molecular formula is C21H28N4. The van der Waals surface area contributed by atoms with Crippen molar-refractivity contribution in [2.75, 3.05) is 31.1 Å². The molecule has 0 saturated carbocycles. The maximum Gasteiger partial charge on any atom is 0.151 e. The lowest BCUT2D eigenvalue weighted by atomic mass is 9.79. The van der Waals surface area contributed by atoms with Gasteiger partial charge >= 0.3 is 0 Å². The van der Waals surface area contributed by atoms with Gasteiger partial charge in [-0.15, -0.1) is 5.10 Å². The van der Waals surface area contributed by atoms with Crippen molar-refractivity contribution in [2.45, 2.75) is 39.7 Å². The summed E-state index contributed by atoms with van der Waals surface area (Å²) in [5.74, 6) is 1.04. The van der Waals surface area contributed by atoms with Crippen LogP contribution in [-0.4, -0.2) is 41.3 Å². The summed E-state index contributed by atoms with van der Waals surface area (Å²) in [6.45, 7) is 9.90. The number of rotatable bonds is 3. The fourth-order valence-electron chi connectivity index (χ4n) is 4.54. The highest BCUT2D eigenvalue weighted by Gasteiger charge is 2.41. The van der Waals surface area contributed by atoms with Crippen molar-refractivity contribution >= 4 is 5.82 Å². The maximum atomic E-state index is 4.40. The van der Waals surface area contributed by atoms with Crippen LogP contribution in [0, 0.1) is 19.3 Å². The molecule has 0 aliphatic carbocycles. The van der Waals surface area contributed by atoms with E-state index in [0.29, 0.717) is 5.41 Å². The normalized spacial score (nSPS) is 24.2. The van der Waals surface area contributed by atoms with E-state index in [4.69, 9.17) is 0 Å². The van der Waals surface area contributed by atoms with Crippen molar-refractivity contribution in [3.63, 3.8) is 0 Å². The van der Waals surface area contributed by atoms with Crippen LogP contribution in [0.2, 0.25) is 0 Å². The standard InChI is InChI=1S/C21H28N4/c1-17-5-3-6-19(13-17)14-24-11-4-9-21(15-24)10-12-25(16-21)20-8-7-18(2)22-23-20/h3,5-8,13H,4,9-12,14-16H2,1-2H3/t21-/m0/s1. The van der Waals surface area contributed by atoms with E-state index in [9.17, 15) is 0 Å². The zero-order valence-electron chi connectivity index (χ0n) is 15.4. The van der Waals surface area contributed by atoms with Crippen molar-refractivity contribution in [3.05, 3.63) is 53.2 Å². The molecule has 4 nitrogen and oxygen atoms in total. The average molecular weight is 336 g/mol.